The van der Waals surface area contributed by atoms with Gasteiger partial charge in [0.25, 0.3) is 0 Å². The van der Waals surface area contributed by atoms with E-state index in [-0.39, 0.29) is 17.9 Å². The standard InChI is InChI=1S/C25H27N3O6/c1-31-20-4-3-15(9-21(20)32-2)12-26-24(29)14-28-6-5-18-17(13-28)25(30)16-10-22-23(11-19(16)27-18)34-8-7-33-22/h3-4,9-11H,5-8,12-14H2,1-2H3,(H,26,29)(H,27,30). The van der Waals surface area contributed by atoms with E-state index in [0.29, 0.717) is 73.2 Å². The maximum Gasteiger partial charge on any atom is 0.234 e. The lowest BCUT2D eigenvalue weighted by Gasteiger charge is -2.28. The van der Waals surface area contributed by atoms with Gasteiger partial charge in [0.05, 0.1) is 26.3 Å². The number of carbonyl (C=O) groups is 1. The Kier molecular flexibility index (Phi) is 6.02. The summed E-state index contributed by atoms with van der Waals surface area (Å²) in [4.78, 5) is 31.2. The Morgan fingerprint density at radius 2 is 1.85 bits per heavy atom. The number of H-pyrrole nitrogens is 1. The van der Waals surface area contributed by atoms with Gasteiger partial charge < -0.3 is 29.2 Å². The van der Waals surface area contributed by atoms with E-state index in [0.717, 1.165) is 16.8 Å². The van der Waals surface area contributed by atoms with E-state index in [2.05, 4.69) is 10.3 Å². The second-order valence-electron chi connectivity index (χ2n) is 8.38. The first-order valence-corrected chi connectivity index (χ1v) is 11.2. The highest BCUT2D eigenvalue weighted by Gasteiger charge is 2.24. The molecule has 0 radical (unpaired) electrons. The molecule has 1 aromatic heterocycles. The molecule has 0 fully saturated rings. The molecular formula is C25H27N3O6. The average molecular weight is 466 g/mol. The monoisotopic (exact) mass is 465 g/mol. The molecule has 0 saturated heterocycles. The third-order valence-electron chi connectivity index (χ3n) is 6.22. The van der Waals surface area contributed by atoms with Gasteiger partial charge in [0.2, 0.25) is 5.91 Å². The molecule has 178 valence electrons. The van der Waals surface area contributed by atoms with Crippen LogP contribution in [0.2, 0.25) is 0 Å². The Morgan fingerprint density at radius 3 is 2.62 bits per heavy atom. The molecule has 2 aromatic carbocycles. The van der Waals surface area contributed by atoms with Crippen molar-refractivity contribution in [2.24, 2.45) is 0 Å². The Hall–Kier alpha value is -3.72. The normalized spacial score (nSPS) is 15.0. The summed E-state index contributed by atoms with van der Waals surface area (Å²) in [5, 5.41) is 3.52. The summed E-state index contributed by atoms with van der Waals surface area (Å²) in [5.41, 5.74) is 3.23. The van der Waals surface area contributed by atoms with Crippen LogP contribution >= 0.6 is 0 Å². The highest BCUT2D eigenvalue weighted by molar-refractivity contribution is 5.84. The van der Waals surface area contributed by atoms with Crippen molar-refractivity contribution in [1.82, 2.24) is 15.2 Å². The maximum absolute atomic E-state index is 13.2. The molecule has 3 aromatic rings. The molecule has 0 unspecified atom stereocenters. The molecule has 1 amide bonds. The van der Waals surface area contributed by atoms with E-state index in [1.54, 1.807) is 20.3 Å². The molecule has 9 heteroatoms. The molecule has 34 heavy (non-hydrogen) atoms. The van der Waals surface area contributed by atoms with E-state index in [9.17, 15) is 9.59 Å². The zero-order valence-electron chi connectivity index (χ0n) is 19.2. The molecule has 9 nitrogen and oxygen atoms in total. The summed E-state index contributed by atoms with van der Waals surface area (Å²) in [5.74, 6) is 2.40. The first kappa shape index (κ1) is 22.1. The lowest BCUT2D eigenvalue weighted by molar-refractivity contribution is -0.122. The van der Waals surface area contributed by atoms with Gasteiger partial charge in [-0.1, -0.05) is 6.07 Å². The van der Waals surface area contributed by atoms with Crippen molar-refractivity contribution in [3.05, 3.63) is 57.4 Å². The van der Waals surface area contributed by atoms with Crippen LogP contribution < -0.4 is 29.7 Å². The maximum atomic E-state index is 13.2. The third kappa shape index (κ3) is 4.26. The summed E-state index contributed by atoms with van der Waals surface area (Å²) in [7, 11) is 3.16. The fraction of sp³-hybridized carbons (Fsp3) is 0.360. The van der Waals surface area contributed by atoms with Crippen molar-refractivity contribution < 1.29 is 23.7 Å². The predicted octanol–water partition coefficient (Wildman–Crippen LogP) is 1.99. The molecule has 2 N–H and O–H groups in total. The SMILES string of the molecule is COc1ccc(CNC(=O)CN2CCc3[nH]c4cc5c(cc4c(=O)c3C2)OCCO5)cc1OC. The topological polar surface area (TPSA) is 102 Å². The van der Waals surface area contributed by atoms with Crippen molar-refractivity contribution in [1.29, 1.82) is 0 Å². The van der Waals surface area contributed by atoms with Crippen molar-refractivity contribution in [2.75, 3.05) is 40.5 Å². The number of ether oxygens (including phenoxy) is 4. The van der Waals surface area contributed by atoms with E-state index in [1.807, 2.05) is 29.2 Å². The van der Waals surface area contributed by atoms with Crippen LogP contribution in [0.3, 0.4) is 0 Å². The number of carbonyl (C=O) groups excluding carboxylic acids is 1. The fourth-order valence-corrected chi connectivity index (χ4v) is 4.46. The van der Waals surface area contributed by atoms with E-state index in [1.165, 1.54) is 0 Å². The third-order valence-corrected chi connectivity index (χ3v) is 6.22. The van der Waals surface area contributed by atoms with Gasteiger partial charge in [-0.25, -0.2) is 0 Å². The van der Waals surface area contributed by atoms with Crippen LogP contribution in [0.5, 0.6) is 23.0 Å². The number of nitrogens with zero attached hydrogens (tertiary/aromatic N) is 1. The number of nitrogens with one attached hydrogen (secondary N) is 2. The molecule has 2 aliphatic rings. The van der Waals surface area contributed by atoms with E-state index >= 15 is 0 Å². The van der Waals surface area contributed by atoms with Gasteiger partial charge in [-0.2, -0.15) is 0 Å². The molecule has 0 atom stereocenters. The molecule has 3 heterocycles. The summed E-state index contributed by atoms with van der Waals surface area (Å²) < 4.78 is 21.8. The number of hydrogen-bond acceptors (Lipinski definition) is 7. The van der Waals surface area contributed by atoms with Gasteiger partial charge >= 0.3 is 0 Å². The number of fused-ring (bicyclic) bond motifs is 3. The Labute approximate surface area is 196 Å². The first-order valence-electron chi connectivity index (χ1n) is 11.2. The molecule has 2 aliphatic heterocycles. The average Bonchev–Trinajstić information content (AvgIpc) is 2.87. The van der Waals surface area contributed by atoms with Gasteiger partial charge in [-0.05, 0) is 23.8 Å². The molecule has 0 saturated carbocycles. The van der Waals surface area contributed by atoms with Gasteiger partial charge in [-0.15, -0.1) is 0 Å². The van der Waals surface area contributed by atoms with Crippen molar-refractivity contribution in [3.8, 4) is 23.0 Å². The van der Waals surface area contributed by atoms with Crippen LogP contribution in [0.1, 0.15) is 16.8 Å². The largest absolute Gasteiger partial charge is 0.493 e. The number of amides is 1. The van der Waals surface area contributed by atoms with Crippen LogP contribution in [0.15, 0.2) is 35.1 Å². The highest BCUT2D eigenvalue weighted by atomic mass is 16.6. The minimum atomic E-state index is -0.102. The molecule has 0 bridgehead atoms. The Morgan fingerprint density at radius 1 is 1.09 bits per heavy atom. The molecule has 0 spiro atoms. The van der Waals surface area contributed by atoms with Crippen LogP contribution in [-0.2, 0) is 24.3 Å². The van der Waals surface area contributed by atoms with Crippen molar-refractivity contribution in [3.63, 3.8) is 0 Å². The van der Waals surface area contributed by atoms with Crippen LogP contribution in [0, 0.1) is 0 Å². The van der Waals surface area contributed by atoms with Crippen LogP contribution in [0.4, 0.5) is 0 Å². The van der Waals surface area contributed by atoms with Crippen LogP contribution in [0.25, 0.3) is 10.9 Å². The first-order chi connectivity index (χ1) is 16.6. The number of benzene rings is 2. The van der Waals surface area contributed by atoms with Crippen molar-refractivity contribution >= 4 is 16.8 Å². The molecule has 0 aliphatic carbocycles. The van der Waals surface area contributed by atoms with E-state index in [4.69, 9.17) is 18.9 Å². The smallest absolute Gasteiger partial charge is 0.234 e. The number of rotatable bonds is 6. The second-order valence-corrected chi connectivity index (χ2v) is 8.38. The van der Waals surface area contributed by atoms with E-state index < -0.39 is 0 Å². The molecule has 5 rings (SSSR count). The zero-order chi connectivity index (χ0) is 23.7. The van der Waals surface area contributed by atoms with Gasteiger partial charge in [0, 0.05) is 48.8 Å². The second kappa shape index (κ2) is 9.26. The van der Waals surface area contributed by atoms with Gasteiger partial charge in [0.15, 0.2) is 28.4 Å². The fourth-order valence-electron chi connectivity index (χ4n) is 4.46. The summed E-state index contributed by atoms with van der Waals surface area (Å²) >= 11 is 0. The summed E-state index contributed by atoms with van der Waals surface area (Å²) in [6.07, 6.45) is 0.665. The lowest BCUT2D eigenvalue weighted by Crippen LogP contribution is -2.41. The van der Waals surface area contributed by atoms with Gasteiger partial charge in [0.1, 0.15) is 13.2 Å². The highest BCUT2D eigenvalue weighted by Crippen LogP contribution is 2.33. The summed E-state index contributed by atoms with van der Waals surface area (Å²) in [6.45, 7) is 2.65. The van der Waals surface area contributed by atoms with Crippen LogP contribution in [-0.4, -0.2) is 56.3 Å². The van der Waals surface area contributed by atoms with Gasteiger partial charge in [-0.3, -0.25) is 14.5 Å². The number of aromatic nitrogens is 1. The minimum Gasteiger partial charge on any atom is -0.493 e. The summed E-state index contributed by atoms with van der Waals surface area (Å²) in [6, 6.07) is 9.12. The Balaban J connectivity index is 1.27. The number of methoxy groups -OCH3 is 2. The number of pyridine rings is 1. The quantitative estimate of drug-likeness (QED) is 0.574. The zero-order valence-corrected chi connectivity index (χ0v) is 19.2. The van der Waals surface area contributed by atoms with Crippen molar-refractivity contribution in [2.45, 2.75) is 19.5 Å². The number of hydrogen-bond donors (Lipinski definition) is 2. The minimum absolute atomic E-state index is 0.0313. The molecular weight excluding hydrogens is 438 g/mol. The predicted molar refractivity (Wildman–Crippen MR) is 126 cm³/mol. The number of aromatic amines is 1. The Bertz CT molecular complexity index is 1300. The lowest BCUT2D eigenvalue weighted by atomic mass is 10.0.